The first-order valence-electron chi connectivity index (χ1n) is 7.65. The normalized spacial score (nSPS) is 23.9. The van der Waals surface area contributed by atoms with Crippen LogP contribution in [0.15, 0.2) is 23.8 Å². The maximum absolute atomic E-state index is 12.0. The molecule has 0 aromatic carbocycles. The van der Waals surface area contributed by atoms with E-state index in [9.17, 15) is 4.79 Å². The van der Waals surface area contributed by atoms with Gasteiger partial charge in [-0.3, -0.25) is 4.90 Å². The summed E-state index contributed by atoms with van der Waals surface area (Å²) < 4.78 is 5.41. The number of hydrogen-bond acceptors (Lipinski definition) is 4. The average molecular weight is 293 g/mol. The minimum Gasteiger partial charge on any atom is -0.444 e. The molecule has 0 aromatic heterocycles. The van der Waals surface area contributed by atoms with Crippen LogP contribution in [0.5, 0.6) is 0 Å². The lowest BCUT2D eigenvalue weighted by atomic mass is 10.0. The Labute approximate surface area is 127 Å². The number of carbonyl (C=O) groups is 1. The molecule has 1 amide bonds. The number of hydrogen-bond donors (Lipinski definition) is 1. The molecule has 1 heterocycles. The largest absolute Gasteiger partial charge is 0.444 e. The zero-order valence-electron chi connectivity index (χ0n) is 13.3. The minimum absolute atomic E-state index is 0.146. The zero-order valence-corrected chi connectivity index (χ0v) is 13.3. The quantitative estimate of drug-likeness (QED) is 0.843. The standard InChI is InChI=1S/C16H27N3O2/c1-16(2,3)21-15(20)19-9-7-18(8-10-19)12-13-5-4-6-14(17)11-13/h4-6,14H,7-12,17H2,1-3H3. The molecule has 0 bridgehead atoms. The van der Waals surface area contributed by atoms with Crippen LogP contribution >= 0.6 is 0 Å². The molecule has 0 aromatic rings. The lowest BCUT2D eigenvalue weighted by Crippen LogP contribution is -2.50. The van der Waals surface area contributed by atoms with Gasteiger partial charge in [0.25, 0.3) is 0 Å². The lowest BCUT2D eigenvalue weighted by Gasteiger charge is -2.36. The van der Waals surface area contributed by atoms with Crippen LogP contribution in [-0.2, 0) is 4.74 Å². The Morgan fingerprint density at radius 1 is 1.33 bits per heavy atom. The van der Waals surface area contributed by atoms with E-state index < -0.39 is 5.60 Å². The molecule has 1 aliphatic carbocycles. The molecule has 1 fully saturated rings. The number of allylic oxidation sites excluding steroid dienone is 2. The third kappa shape index (κ3) is 5.17. The van der Waals surface area contributed by atoms with Crippen molar-refractivity contribution in [2.24, 2.45) is 5.73 Å². The lowest BCUT2D eigenvalue weighted by molar-refractivity contribution is 0.0152. The molecule has 1 saturated heterocycles. The first-order chi connectivity index (χ1) is 9.83. The van der Waals surface area contributed by atoms with Crippen molar-refractivity contribution >= 4 is 6.09 Å². The summed E-state index contributed by atoms with van der Waals surface area (Å²) in [6, 6.07) is 0.146. The Balaban J connectivity index is 1.77. The van der Waals surface area contributed by atoms with Gasteiger partial charge in [0.2, 0.25) is 0 Å². The third-order valence-corrected chi connectivity index (χ3v) is 3.64. The number of nitrogens with two attached hydrogens (primary N) is 1. The number of carbonyl (C=O) groups excluding carboxylic acids is 1. The van der Waals surface area contributed by atoms with E-state index in [0.29, 0.717) is 0 Å². The topological polar surface area (TPSA) is 58.8 Å². The summed E-state index contributed by atoms with van der Waals surface area (Å²) in [6.07, 6.45) is 6.96. The molecule has 118 valence electrons. The number of nitrogens with zero attached hydrogens (tertiary/aromatic N) is 2. The molecule has 1 atom stereocenters. The Morgan fingerprint density at radius 2 is 2.00 bits per heavy atom. The second-order valence-electron chi connectivity index (χ2n) is 6.82. The number of rotatable bonds is 2. The van der Waals surface area contributed by atoms with E-state index in [1.807, 2.05) is 32.9 Å². The van der Waals surface area contributed by atoms with Crippen LogP contribution in [0, 0.1) is 0 Å². The van der Waals surface area contributed by atoms with Gasteiger partial charge in [-0.2, -0.15) is 0 Å². The fraction of sp³-hybridized carbons (Fsp3) is 0.688. The first kappa shape index (κ1) is 16.0. The van der Waals surface area contributed by atoms with Crippen LogP contribution in [0.3, 0.4) is 0 Å². The summed E-state index contributed by atoms with van der Waals surface area (Å²) in [5.41, 5.74) is 6.88. The summed E-state index contributed by atoms with van der Waals surface area (Å²) in [6.45, 7) is 9.85. The molecule has 0 saturated carbocycles. The van der Waals surface area contributed by atoms with E-state index in [2.05, 4.69) is 11.0 Å². The van der Waals surface area contributed by atoms with E-state index in [0.717, 1.165) is 39.1 Å². The van der Waals surface area contributed by atoms with Crippen LogP contribution < -0.4 is 5.73 Å². The Morgan fingerprint density at radius 3 is 2.57 bits per heavy atom. The van der Waals surface area contributed by atoms with Gasteiger partial charge in [-0.25, -0.2) is 4.79 Å². The highest BCUT2D eigenvalue weighted by Gasteiger charge is 2.26. The predicted octanol–water partition coefficient (Wildman–Crippen LogP) is 1.75. The second kappa shape index (κ2) is 6.62. The SMILES string of the molecule is CC(C)(C)OC(=O)N1CCN(CC2=CC=CC(N)C2)CC1. The van der Waals surface area contributed by atoms with Gasteiger partial charge in [-0.1, -0.05) is 23.8 Å². The number of piperazine rings is 1. The molecule has 1 unspecified atom stereocenters. The first-order valence-corrected chi connectivity index (χ1v) is 7.65. The van der Waals surface area contributed by atoms with Crippen LogP contribution in [-0.4, -0.2) is 60.3 Å². The van der Waals surface area contributed by atoms with Gasteiger partial charge in [-0.15, -0.1) is 0 Å². The maximum atomic E-state index is 12.0. The molecule has 0 radical (unpaired) electrons. The van der Waals surface area contributed by atoms with E-state index in [-0.39, 0.29) is 12.1 Å². The van der Waals surface area contributed by atoms with Gasteiger partial charge >= 0.3 is 6.09 Å². The van der Waals surface area contributed by atoms with Crippen molar-refractivity contribution in [1.29, 1.82) is 0 Å². The summed E-state index contributed by atoms with van der Waals surface area (Å²) in [4.78, 5) is 16.2. The molecule has 1 aliphatic heterocycles. The highest BCUT2D eigenvalue weighted by atomic mass is 16.6. The summed E-state index contributed by atoms with van der Waals surface area (Å²) in [5, 5.41) is 0. The fourth-order valence-corrected chi connectivity index (χ4v) is 2.59. The van der Waals surface area contributed by atoms with Crippen molar-refractivity contribution in [3.05, 3.63) is 23.8 Å². The summed E-state index contributed by atoms with van der Waals surface area (Å²) in [7, 11) is 0. The Kier molecular flexibility index (Phi) is 5.06. The van der Waals surface area contributed by atoms with Gasteiger partial charge in [-0.05, 0) is 27.2 Å². The van der Waals surface area contributed by atoms with Gasteiger partial charge in [0.05, 0.1) is 0 Å². The number of amides is 1. The van der Waals surface area contributed by atoms with Crippen molar-refractivity contribution in [3.8, 4) is 0 Å². The van der Waals surface area contributed by atoms with Crippen LogP contribution in [0.4, 0.5) is 4.79 Å². The van der Waals surface area contributed by atoms with Crippen molar-refractivity contribution in [2.45, 2.75) is 38.8 Å². The average Bonchev–Trinajstić information content (AvgIpc) is 2.37. The van der Waals surface area contributed by atoms with Crippen LogP contribution in [0.25, 0.3) is 0 Å². The monoisotopic (exact) mass is 293 g/mol. The Hall–Kier alpha value is -1.33. The van der Waals surface area contributed by atoms with Gasteiger partial charge in [0, 0.05) is 38.8 Å². The molecular weight excluding hydrogens is 266 g/mol. The maximum Gasteiger partial charge on any atom is 0.410 e. The molecule has 2 aliphatic rings. The third-order valence-electron chi connectivity index (χ3n) is 3.64. The molecule has 2 N–H and O–H groups in total. The number of ether oxygens (including phenoxy) is 1. The molecule has 21 heavy (non-hydrogen) atoms. The van der Waals surface area contributed by atoms with Crippen molar-refractivity contribution in [1.82, 2.24) is 9.80 Å². The summed E-state index contributed by atoms with van der Waals surface area (Å²) in [5.74, 6) is 0. The van der Waals surface area contributed by atoms with E-state index >= 15 is 0 Å². The van der Waals surface area contributed by atoms with Crippen LogP contribution in [0.1, 0.15) is 27.2 Å². The van der Waals surface area contributed by atoms with E-state index in [4.69, 9.17) is 10.5 Å². The van der Waals surface area contributed by atoms with Gasteiger partial charge in [0.1, 0.15) is 5.60 Å². The zero-order chi connectivity index (χ0) is 15.5. The minimum atomic E-state index is -0.427. The molecular formula is C16H27N3O2. The van der Waals surface area contributed by atoms with Gasteiger partial charge in [0.15, 0.2) is 0 Å². The van der Waals surface area contributed by atoms with E-state index in [1.165, 1.54) is 5.57 Å². The van der Waals surface area contributed by atoms with Gasteiger partial charge < -0.3 is 15.4 Å². The predicted molar refractivity (Wildman–Crippen MR) is 84.1 cm³/mol. The Bertz CT molecular complexity index is 429. The van der Waals surface area contributed by atoms with E-state index in [1.54, 1.807) is 4.90 Å². The highest BCUT2D eigenvalue weighted by Crippen LogP contribution is 2.15. The molecule has 5 heteroatoms. The molecule has 0 spiro atoms. The smallest absolute Gasteiger partial charge is 0.410 e. The second-order valence-corrected chi connectivity index (χ2v) is 6.82. The highest BCUT2D eigenvalue weighted by molar-refractivity contribution is 5.68. The van der Waals surface area contributed by atoms with Crippen molar-refractivity contribution in [2.75, 3.05) is 32.7 Å². The summed E-state index contributed by atoms with van der Waals surface area (Å²) >= 11 is 0. The molecule has 5 nitrogen and oxygen atoms in total. The van der Waals surface area contributed by atoms with Crippen molar-refractivity contribution in [3.63, 3.8) is 0 Å². The fourth-order valence-electron chi connectivity index (χ4n) is 2.59. The van der Waals surface area contributed by atoms with Crippen molar-refractivity contribution < 1.29 is 9.53 Å². The molecule has 2 rings (SSSR count). The van der Waals surface area contributed by atoms with Crippen LogP contribution in [0.2, 0.25) is 0 Å².